The summed E-state index contributed by atoms with van der Waals surface area (Å²) in [6, 6.07) is 5.53. The highest BCUT2D eigenvalue weighted by Gasteiger charge is 2.05. The van der Waals surface area contributed by atoms with Gasteiger partial charge in [0.15, 0.2) is 0 Å². The molecule has 0 radical (unpaired) electrons. The van der Waals surface area contributed by atoms with E-state index in [4.69, 9.17) is 5.73 Å². The zero-order valence-corrected chi connectivity index (χ0v) is 13.4. The maximum atomic E-state index is 11.8. The van der Waals surface area contributed by atoms with Crippen LogP contribution in [0.3, 0.4) is 0 Å². The highest BCUT2D eigenvalue weighted by atomic mass is 32.2. The molecule has 0 spiro atoms. The fraction of sp³-hybridized carbons (Fsp3) is 0.533. The quantitative estimate of drug-likeness (QED) is 0.572. The van der Waals surface area contributed by atoms with Crippen LogP contribution in [0.15, 0.2) is 18.2 Å². The Balaban J connectivity index is 2.20. The molecule has 1 aromatic rings. The highest BCUT2D eigenvalue weighted by Crippen LogP contribution is 2.18. The predicted octanol–water partition coefficient (Wildman–Crippen LogP) is 2.59. The topological polar surface area (TPSA) is 58.4 Å². The lowest BCUT2D eigenvalue weighted by Crippen LogP contribution is -2.15. The van der Waals surface area contributed by atoms with Gasteiger partial charge in [0, 0.05) is 30.1 Å². The molecule has 0 saturated heterocycles. The van der Waals surface area contributed by atoms with Gasteiger partial charge in [-0.25, -0.2) is 0 Å². The summed E-state index contributed by atoms with van der Waals surface area (Å²) in [4.78, 5) is 14.0. The maximum absolute atomic E-state index is 11.8. The van der Waals surface area contributed by atoms with Crippen molar-refractivity contribution >= 4 is 29.0 Å². The molecule has 0 atom stereocenters. The number of nitrogens with one attached hydrogen (secondary N) is 1. The Morgan fingerprint density at radius 2 is 2.10 bits per heavy atom. The van der Waals surface area contributed by atoms with E-state index in [-0.39, 0.29) is 5.91 Å². The van der Waals surface area contributed by atoms with Gasteiger partial charge in [-0.05, 0) is 57.0 Å². The van der Waals surface area contributed by atoms with Gasteiger partial charge in [0.05, 0.1) is 0 Å². The number of rotatable bonds is 8. The number of anilines is 2. The number of carbonyl (C=O) groups is 1. The molecule has 0 unspecified atom stereocenters. The molecule has 4 nitrogen and oxygen atoms in total. The van der Waals surface area contributed by atoms with Crippen molar-refractivity contribution in [1.82, 2.24) is 4.90 Å². The minimum atomic E-state index is 0.0751. The number of thioether (sulfide) groups is 1. The standard InChI is InChI=1S/C15H25N3OS/c1-12-11-13(16)6-7-14(12)17-15(19)5-4-9-20-10-8-18(2)3/h6-7,11H,4-5,8-10,16H2,1-3H3,(H,17,19). The molecular weight excluding hydrogens is 270 g/mol. The fourth-order valence-corrected chi connectivity index (χ4v) is 2.77. The molecule has 0 aromatic heterocycles. The van der Waals surface area contributed by atoms with Gasteiger partial charge in [0.1, 0.15) is 0 Å². The van der Waals surface area contributed by atoms with Crippen molar-refractivity contribution in [1.29, 1.82) is 0 Å². The van der Waals surface area contributed by atoms with Crippen molar-refractivity contribution in [3.8, 4) is 0 Å². The summed E-state index contributed by atoms with van der Waals surface area (Å²) >= 11 is 1.90. The molecule has 5 heteroatoms. The minimum Gasteiger partial charge on any atom is -0.399 e. The molecule has 0 aliphatic carbocycles. The van der Waals surface area contributed by atoms with Crippen LogP contribution in [0.2, 0.25) is 0 Å². The lowest BCUT2D eigenvalue weighted by atomic mass is 10.1. The first kappa shape index (κ1) is 16.9. The van der Waals surface area contributed by atoms with E-state index < -0.39 is 0 Å². The smallest absolute Gasteiger partial charge is 0.224 e. The molecule has 1 rings (SSSR count). The van der Waals surface area contributed by atoms with Gasteiger partial charge >= 0.3 is 0 Å². The molecular formula is C15H25N3OS. The number of carbonyl (C=O) groups excluding carboxylic acids is 1. The number of benzene rings is 1. The molecule has 112 valence electrons. The molecule has 0 aliphatic heterocycles. The summed E-state index contributed by atoms with van der Waals surface area (Å²) in [5.41, 5.74) is 8.26. The molecule has 0 bridgehead atoms. The average molecular weight is 295 g/mol. The van der Waals surface area contributed by atoms with Crippen molar-refractivity contribution in [3.05, 3.63) is 23.8 Å². The Bertz CT molecular complexity index is 435. The van der Waals surface area contributed by atoms with Crippen LogP contribution >= 0.6 is 11.8 Å². The van der Waals surface area contributed by atoms with E-state index in [2.05, 4.69) is 24.3 Å². The number of nitrogens with two attached hydrogens (primary N) is 1. The van der Waals surface area contributed by atoms with Crippen molar-refractivity contribution in [2.45, 2.75) is 19.8 Å². The Morgan fingerprint density at radius 1 is 1.35 bits per heavy atom. The zero-order chi connectivity index (χ0) is 15.0. The Hall–Kier alpha value is -1.20. The number of nitrogen functional groups attached to an aromatic ring is 1. The first-order valence-electron chi connectivity index (χ1n) is 6.87. The summed E-state index contributed by atoms with van der Waals surface area (Å²) in [6.45, 7) is 3.03. The predicted molar refractivity (Wildman–Crippen MR) is 89.3 cm³/mol. The summed E-state index contributed by atoms with van der Waals surface area (Å²) in [5.74, 6) is 2.22. The Labute approximate surface area is 126 Å². The average Bonchev–Trinajstić information content (AvgIpc) is 2.36. The molecule has 0 fully saturated rings. The molecule has 0 saturated carbocycles. The third-order valence-electron chi connectivity index (χ3n) is 2.90. The van der Waals surface area contributed by atoms with Crippen molar-refractivity contribution in [3.63, 3.8) is 0 Å². The van der Waals surface area contributed by atoms with Crippen LogP contribution in [0.5, 0.6) is 0 Å². The normalized spacial score (nSPS) is 10.8. The molecule has 1 aromatic carbocycles. The van der Waals surface area contributed by atoms with E-state index >= 15 is 0 Å². The third kappa shape index (κ3) is 6.82. The molecule has 3 N–H and O–H groups in total. The third-order valence-corrected chi connectivity index (χ3v) is 3.95. The van der Waals surface area contributed by atoms with Crippen LogP contribution in [0, 0.1) is 6.92 Å². The maximum Gasteiger partial charge on any atom is 0.224 e. The van der Waals surface area contributed by atoms with Gasteiger partial charge < -0.3 is 16.0 Å². The fourth-order valence-electron chi connectivity index (χ4n) is 1.72. The van der Waals surface area contributed by atoms with Crippen molar-refractivity contribution < 1.29 is 4.79 Å². The van der Waals surface area contributed by atoms with Crippen LogP contribution in [-0.2, 0) is 4.79 Å². The minimum absolute atomic E-state index is 0.0751. The number of hydrogen-bond donors (Lipinski definition) is 2. The molecule has 0 aliphatic rings. The van der Waals surface area contributed by atoms with Gasteiger partial charge in [-0.3, -0.25) is 4.79 Å². The molecule has 20 heavy (non-hydrogen) atoms. The molecule has 0 heterocycles. The van der Waals surface area contributed by atoms with Gasteiger partial charge in [-0.15, -0.1) is 0 Å². The van der Waals surface area contributed by atoms with Crippen LogP contribution < -0.4 is 11.1 Å². The first-order valence-corrected chi connectivity index (χ1v) is 8.03. The number of hydrogen-bond acceptors (Lipinski definition) is 4. The summed E-state index contributed by atoms with van der Waals surface area (Å²) in [6.07, 6.45) is 1.48. The number of aryl methyl sites for hydroxylation is 1. The largest absolute Gasteiger partial charge is 0.399 e. The van der Waals surface area contributed by atoms with E-state index in [0.717, 1.165) is 41.4 Å². The lowest BCUT2D eigenvalue weighted by molar-refractivity contribution is -0.116. The van der Waals surface area contributed by atoms with Crippen molar-refractivity contribution in [2.24, 2.45) is 0 Å². The zero-order valence-electron chi connectivity index (χ0n) is 12.6. The Morgan fingerprint density at radius 3 is 2.75 bits per heavy atom. The van der Waals surface area contributed by atoms with Crippen LogP contribution in [-0.4, -0.2) is 43.0 Å². The van der Waals surface area contributed by atoms with Gasteiger partial charge in [-0.1, -0.05) is 0 Å². The van der Waals surface area contributed by atoms with Crippen LogP contribution in [0.1, 0.15) is 18.4 Å². The number of nitrogens with zero attached hydrogens (tertiary/aromatic N) is 1. The second-order valence-electron chi connectivity index (χ2n) is 5.14. The Kier molecular flexibility index (Phi) is 7.47. The summed E-state index contributed by atoms with van der Waals surface area (Å²) < 4.78 is 0. The first-order chi connectivity index (χ1) is 9.49. The van der Waals surface area contributed by atoms with Gasteiger partial charge in [0.25, 0.3) is 0 Å². The van der Waals surface area contributed by atoms with Crippen LogP contribution in [0.4, 0.5) is 11.4 Å². The van der Waals surface area contributed by atoms with E-state index in [1.54, 1.807) is 6.07 Å². The van der Waals surface area contributed by atoms with Crippen molar-refractivity contribution in [2.75, 3.05) is 43.2 Å². The SMILES string of the molecule is Cc1cc(N)ccc1NC(=O)CCCSCCN(C)C. The van der Waals surface area contributed by atoms with E-state index in [9.17, 15) is 4.79 Å². The monoisotopic (exact) mass is 295 g/mol. The van der Waals surface area contributed by atoms with Crippen LogP contribution in [0.25, 0.3) is 0 Å². The highest BCUT2D eigenvalue weighted by molar-refractivity contribution is 7.99. The van der Waals surface area contributed by atoms with E-state index in [0.29, 0.717) is 6.42 Å². The lowest BCUT2D eigenvalue weighted by Gasteiger charge is -2.10. The second kappa shape index (κ2) is 8.87. The van der Waals surface area contributed by atoms with Gasteiger partial charge in [0.2, 0.25) is 5.91 Å². The van der Waals surface area contributed by atoms with E-state index in [1.165, 1.54) is 0 Å². The van der Waals surface area contributed by atoms with E-state index in [1.807, 2.05) is 30.8 Å². The second-order valence-corrected chi connectivity index (χ2v) is 6.37. The molecule has 1 amide bonds. The number of amides is 1. The van der Waals surface area contributed by atoms with Gasteiger partial charge in [-0.2, -0.15) is 11.8 Å². The summed E-state index contributed by atoms with van der Waals surface area (Å²) in [5, 5.41) is 2.93. The summed E-state index contributed by atoms with van der Waals surface area (Å²) in [7, 11) is 4.14.